The first kappa shape index (κ1) is 30.1. The zero-order chi connectivity index (χ0) is 34.9. The van der Waals surface area contributed by atoms with E-state index in [4.69, 9.17) is 0 Å². The first-order chi connectivity index (χ1) is 26.3. The number of hydrogen-bond acceptors (Lipinski definition) is 1. The van der Waals surface area contributed by atoms with Crippen molar-refractivity contribution in [1.82, 2.24) is 0 Å². The summed E-state index contributed by atoms with van der Waals surface area (Å²) in [7, 11) is 0. The van der Waals surface area contributed by atoms with Crippen LogP contribution in [-0.4, -0.2) is 0 Å². The van der Waals surface area contributed by atoms with Gasteiger partial charge in [-0.05, 0) is 118 Å². The first-order valence-corrected chi connectivity index (χ1v) is 19.1. The molecule has 0 atom stereocenters. The number of thiophene rings is 1. The van der Waals surface area contributed by atoms with Gasteiger partial charge in [0.1, 0.15) is 0 Å². The van der Waals surface area contributed by atoms with Crippen LogP contribution in [0.1, 0.15) is 0 Å². The molecule has 0 saturated carbocycles. The fourth-order valence-corrected chi connectivity index (χ4v) is 9.68. The summed E-state index contributed by atoms with van der Waals surface area (Å²) in [5.74, 6) is 0. The van der Waals surface area contributed by atoms with E-state index in [9.17, 15) is 0 Å². The Labute approximate surface area is 311 Å². The Morgan fingerprint density at radius 2 is 0.774 bits per heavy atom. The Balaban J connectivity index is 1.25. The molecular formula is C52H32S. The van der Waals surface area contributed by atoms with Crippen LogP contribution < -0.4 is 0 Å². The van der Waals surface area contributed by atoms with E-state index in [1.54, 1.807) is 0 Å². The highest BCUT2D eigenvalue weighted by Crippen LogP contribution is 2.48. The van der Waals surface area contributed by atoms with Gasteiger partial charge in [0.05, 0.1) is 0 Å². The molecule has 53 heavy (non-hydrogen) atoms. The van der Waals surface area contributed by atoms with Gasteiger partial charge in [0.25, 0.3) is 0 Å². The topological polar surface area (TPSA) is 0 Å². The number of benzene rings is 10. The van der Waals surface area contributed by atoms with Crippen molar-refractivity contribution in [1.29, 1.82) is 0 Å². The molecule has 10 aromatic carbocycles. The van der Waals surface area contributed by atoms with Crippen molar-refractivity contribution in [3.05, 3.63) is 194 Å². The largest absolute Gasteiger partial charge is 0.135 e. The SMILES string of the molecule is c1ccc(-c2c3ccccc3c(-c3cccc4ccccc34)c3ccc(-c4ccc5sc6ccccc6c5c4)cc23)c(-c2ccc3ccccc3c2)c1. The lowest BCUT2D eigenvalue weighted by molar-refractivity contribution is 1.62. The summed E-state index contributed by atoms with van der Waals surface area (Å²) in [6.07, 6.45) is 0. The van der Waals surface area contributed by atoms with Crippen LogP contribution in [0.25, 0.3) is 108 Å². The van der Waals surface area contributed by atoms with Crippen LogP contribution in [-0.2, 0) is 0 Å². The van der Waals surface area contributed by atoms with Crippen LogP contribution in [0.15, 0.2) is 194 Å². The molecule has 0 amide bonds. The minimum Gasteiger partial charge on any atom is -0.135 e. The minimum absolute atomic E-state index is 1.22. The average molecular weight is 689 g/mol. The summed E-state index contributed by atoms with van der Waals surface area (Å²) in [5.41, 5.74) is 9.97. The van der Waals surface area contributed by atoms with Gasteiger partial charge in [-0.3, -0.25) is 0 Å². The molecule has 0 aliphatic carbocycles. The molecule has 0 N–H and O–H groups in total. The van der Waals surface area contributed by atoms with Gasteiger partial charge in [0.15, 0.2) is 0 Å². The fraction of sp³-hybridized carbons (Fsp3) is 0. The van der Waals surface area contributed by atoms with Gasteiger partial charge < -0.3 is 0 Å². The maximum absolute atomic E-state index is 2.46. The van der Waals surface area contributed by atoms with Crippen LogP contribution in [0.4, 0.5) is 0 Å². The maximum Gasteiger partial charge on any atom is 0.0355 e. The van der Waals surface area contributed by atoms with Crippen molar-refractivity contribution < 1.29 is 0 Å². The second-order valence-corrected chi connectivity index (χ2v) is 15.1. The molecule has 11 aromatic rings. The minimum atomic E-state index is 1.22. The average Bonchev–Trinajstić information content (AvgIpc) is 3.60. The molecule has 0 fully saturated rings. The summed E-state index contributed by atoms with van der Waals surface area (Å²) < 4.78 is 2.65. The Morgan fingerprint density at radius 3 is 1.60 bits per heavy atom. The van der Waals surface area contributed by atoms with Crippen molar-refractivity contribution in [2.24, 2.45) is 0 Å². The molecule has 1 aromatic heterocycles. The highest BCUT2D eigenvalue weighted by molar-refractivity contribution is 7.25. The molecule has 1 heterocycles. The van der Waals surface area contributed by atoms with Gasteiger partial charge >= 0.3 is 0 Å². The first-order valence-electron chi connectivity index (χ1n) is 18.3. The van der Waals surface area contributed by atoms with Crippen LogP contribution in [0.2, 0.25) is 0 Å². The monoisotopic (exact) mass is 688 g/mol. The molecule has 246 valence electrons. The highest BCUT2D eigenvalue weighted by Gasteiger charge is 2.21. The predicted octanol–water partition coefficient (Wildman–Crippen LogP) is 15.3. The highest BCUT2D eigenvalue weighted by atomic mass is 32.1. The summed E-state index contributed by atoms with van der Waals surface area (Å²) in [4.78, 5) is 0. The third kappa shape index (κ3) is 4.82. The maximum atomic E-state index is 2.46. The normalized spacial score (nSPS) is 11.8. The van der Waals surface area contributed by atoms with Crippen LogP contribution in [0, 0.1) is 0 Å². The second-order valence-electron chi connectivity index (χ2n) is 14.0. The van der Waals surface area contributed by atoms with E-state index in [1.807, 2.05) is 11.3 Å². The summed E-state index contributed by atoms with van der Waals surface area (Å²) >= 11 is 1.87. The lowest BCUT2D eigenvalue weighted by Gasteiger charge is -2.21. The summed E-state index contributed by atoms with van der Waals surface area (Å²) in [6.45, 7) is 0. The Hall–Kier alpha value is -6.54. The van der Waals surface area contributed by atoms with Crippen molar-refractivity contribution in [3.63, 3.8) is 0 Å². The zero-order valence-electron chi connectivity index (χ0n) is 28.9. The van der Waals surface area contributed by atoms with Gasteiger partial charge in [0, 0.05) is 20.2 Å². The Bertz CT molecular complexity index is 3230. The third-order valence-corrected chi connectivity index (χ3v) is 12.2. The van der Waals surface area contributed by atoms with Crippen molar-refractivity contribution in [2.45, 2.75) is 0 Å². The number of rotatable bonds is 4. The lowest BCUT2D eigenvalue weighted by Crippen LogP contribution is -1.94. The molecule has 0 spiro atoms. The molecule has 0 bridgehead atoms. The van der Waals surface area contributed by atoms with Crippen molar-refractivity contribution in [3.8, 4) is 44.5 Å². The molecule has 0 saturated heterocycles. The quantitative estimate of drug-likeness (QED) is 0.162. The van der Waals surface area contributed by atoms with Gasteiger partial charge in [-0.25, -0.2) is 0 Å². The second kappa shape index (κ2) is 12.0. The van der Waals surface area contributed by atoms with Gasteiger partial charge in [-0.15, -0.1) is 11.3 Å². The lowest BCUT2D eigenvalue weighted by atomic mass is 9.82. The number of hydrogen-bond donors (Lipinski definition) is 0. The van der Waals surface area contributed by atoms with E-state index in [-0.39, 0.29) is 0 Å². The molecule has 0 aliphatic rings. The summed E-state index contributed by atoms with van der Waals surface area (Å²) in [5, 5.41) is 12.7. The van der Waals surface area contributed by atoms with E-state index < -0.39 is 0 Å². The van der Waals surface area contributed by atoms with E-state index >= 15 is 0 Å². The molecule has 0 aliphatic heterocycles. The van der Waals surface area contributed by atoms with E-state index in [2.05, 4.69) is 194 Å². The van der Waals surface area contributed by atoms with Crippen LogP contribution in [0.3, 0.4) is 0 Å². The fourth-order valence-electron chi connectivity index (χ4n) is 8.60. The Kier molecular flexibility index (Phi) is 6.83. The van der Waals surface area contributed by atoms with Crippen LogP contribution >= 0.6 is 11.3 Å². The van der Waals surface area contributed by atoms with Gasteiger partial charge in [-0.2, -0.15) is 0 Å². The van der Waals surface area contributed by atoms with E-state index in [0.717, 1.165) is 0 Å². The van der Waals surface area contributed by atoms with Crippen molar-refractivity contribution >= 4 is 74.6 Å². The van der Waals surface area contributed by atoms with Crippen molar-refractivity contribution in [2.75, 3.05) is 0 Å². The standard InChI is InChI=1S/C52H32S/c1-2-14-35-30-38(25-24-33(35)12-1)40-17-5-6-19-42(40)52-45-21-8-7-20-44(45)51(43-22-11-15-34-13-3-4-16-39(34)43)46-28-26-36(32-48(46)52)37-27-29-50-47(31-37)41-18-9-10-23-49(41)53-50/h1-32H. The Morgan fingerprint density at radius 1 is 0.245 bits per heavy atom. The number of fused-ring (bicyclic) bond motifs is 7. The van der Waals surface area contributed by atoms with Crippen LogP contribution in [0.5, 0.6) is 0 Å². The molecule has 1 heteroatoms. The van der Waals surface area contributed by atoms with E-state index in [0.29, 0.717) is 0 Å². The van der Waals surface area contributed by atoms with Gasteiger partial charge in [0.2, 0.25) is 0 Å². The smallest absolute Gasteiger partial charge is 0.0355 e. The molecule has 0 nitrogen and oxygen atoms in total. The van der Waals surface area contributed by atoms with Gasteiger partial charge in [-0.1, -0.05) is 164 Å². The zero-order valence-corrected chi connectivity index (χ0v) is 29.7. The molecular weight excluding hydrogens is 657 g/mol. The molecule has 0 radical (unpaired) electrons. The molecule has 11 rings (SSSR count). The molecule has 0 unspecified atom stereocenters. The predicted molar refractivity (Wildman–Crippen MR) is 231 cm³/mol. The van der Waals surface area contributed by atoms with E-state index in [1.165, 1.54) is 108 Å². The third-order valence-electron chi connectivity index (χ3n) is 11.0. The summed E-state index contributed by atoms with van der Waals surface area (Å²) in [6, 6.07) is 72.0.